The number of carbonyl (C=O) groups excluding carboxylic acids is 1. The van der Waals surface area contributed by atoms with Crippen LogP contribution < -0.4 is 5.73 Å². The molecule has 0 spiro atoms. The lowest BCUT2D eigenvalue weighted by atomic mass is 10.2. The van der Waals surface area contributed by atoms with Crippen molar-refractivity contribution in [2.45, 2.75) is 51.0 Å². The van der Waals surface area contributed by atoms with Crippen LogP contribution in [-0.2, 0) is 14.8 Å². The topological polar surface area (TPSA) is 110 Å². The molecule has 1 amide bonds. The fourth-order valence-electron chi connectivity index (χ4n) is 2.86. The van der Waals surface area contributed by atoms with Gasteiger partial charge in [-0.25, -0.2) is 8.42 Å². The highest BCUT2D eigenvalue weighted by Crippen LogP contribution is 2.24. The molecule has 1 unspecified atom stereocenters. The summed E-state index contributed by atoms with van der Waals surface area (Å²) in [4.78, 5) is 14.1. The Morgan fingerprint density at radius 3 is 2.58 bits per heavy atom. The average molecular weight is 358 g/mol. The van der Waals surface area contributed by atoms with Crippen LogP contribution in [0.4, 0.5) is 0 Å². The van der Waals surface area contributed by atoms with Gasteiger partial charge in [0.1, 0.15) is 10.6 Å². The van der Waals surface area contributed by atoms with E-state index >= 15 is 0 Å². The maximum absolute atomic E-state index is 12.8. The van der Waals surface area contributed by atoms with Crippen LogP contribution in [0.2, 0.25) is 0 Å². The molecule has 1 aromatic rings. The minimum Gasteiger partial charge on any atom is -0.360 e. The molecule has 1 aliphatic heterocycles. The Morgan fingerprint density at radius 2 is 2.00 bits per heavy atom. The molecular formula is C15H26N4O4S. The second-order valence-corrected chi connectivity index (χ2v) is 8.18. The van der Waals surface area contributed by atoms with Gasteiger partial charge in [-0.05, 0) is 33.6 Å². The molecule has 1 atom stereocenters. The molecule has 8 nitrogen and oxygen atoms in total. The van der Waals surface area contributed by atoms with Gasteiger partial charge < -0.3 is 15.2 Å². The molecule has 1 fully saturated rings. The molecule has 0 aliphatic carbocycles. The van der Waals surface area contributed by atoms with Gasteiger partial charge in [0, 0.05) is 38.6 Å². The van der Waals surface area contributed by atoms with Crippen molar-refractivity contribution in [3.63, 3.8) is 0 Å². The van der Waals surface area contributed by atoms with Crippen LogP contribution in [0.3, 0.4) is 0 Å². The first-order valence-electron chi connectivity index (χ1n) is 8.20. The number of rotatable bonds is 5. The van der Waals surface area contributed by atoms with Gasteiger partial charge in [-0.3, -0.25) is 4.79 Å². The molecule has 2 N–H and O–H groups in total. The first-order valence-corrected chi connectivity index (χ1v) is 9.64. The Bertz CT molecular complexity index is 664. The Labute approximate surface area is 143 Å². The van der Waals surface area contributed by atoms with E-state index in [9.17, 15) is 13.2 Å². The highest BCUT2D eigenvalue weighted by molar-refractivity contribution is 7.89. The molecule has 0 aromatic carbocycles. The predicted molar refractivity (Wildman–Crippen MR) is 88.8 cm³/mol. The molecule has 1 aliphatic rings. The number of carbonyl (C=O) groups is 1. The van der Waals surface area contributed by atoms with Crippen molar-refractivity contribution in [3.8, 4) is 0 Å². The third kappa shape index (κ3) is 4.14. The minimum atomic E-state index is -3.66. The zero-order chi connectivity index (χ0) is 17.9. The lowest BCUT2D eigenvalue weighted by Gasteiger charge is -2.22. The summed E-state index contributed by atoms with van der Waals surface area (Å²) in [7, 11) is -3.66. The smallest absolute Gasteiger partial charge is 0.248 e. The van der Waals surface area contributed by atoms with Crippen LogP contribution in [-0.4, -0.2) is 60.9 Å². The summed E-state index contributed by atoms with van der Waals surface area (Å²) in [5.41, 5.74) is 6.05. The number of sulfonamides is 1. The summed E-state index contributed by atoms with van der Waals surface area (Å²) < 4.78 is 32.1. The van der Waals surface area contributed by atoms with Crippen LogP contribution >= 0.6 is 0 Å². The van der Waals surface area contributed by atoms with Gasteiger partial charge in [-0.2, -0.15) is 4.31 Å². The number of nitrogens with zero attached hydrogens (tertiary/aromatic N) is 3. The highest BCUT2D eigenvalue weighted by Gasteiger charge is 2.32. The number of aryl methyl sites for hydroxylation is 2. The van der Waals surface area contributed by atoms with Crippen molar-refractivity contribution in [3.05, 3.63) is 11.5 Å². The van der Waals surface area contributed by atoms with Crippen molar-refractivity contribution in [1.82, 2.24) is 14.4 Å². The van der Waals surface area contributed by atoms with Gasteiger partial charge in [-0.15, -0.1) is 0 Å². The van der Waals surface area contributed by atoms with E-state index in [2.05, 4.69) is 5.16 Å². The maximum Gasteiger partial charge on any atom is 0.248 e. The van der Waals surface area contributed by atoms with Gasteiger partial charge in [0.15, 0.2) is 5.76 Å². The number of aromatic nitrogens is 1. The standard InChI is InChI=1S/C15H26N4O4S/c1-11(16)5-6-14(20)18-7-4-8-19(10-9-18)24(21,22)15-12(2)17-23-13(15)3/h11H,4-10,16H2,1-3H3. The summed E-state index contributed by atoms with van der Waals surface area (Å²) in [5.74, 6) is 0.325. The second kappa shape index (κ2) is 7.62. The molecular weight excluding hydrogens is 332 g/mol. The molecule has 24 heavy (non-hydrogen) atoms. The Kier molecular flexibility index (Phi) is 6.00. The monoisotopic (exact) mass is 358 g/mol. The van der Waals surface area contributed by atoms with E-state index in [0.717, 1.165) is 0 Å². The van der Waals surface area contributed by atoms with E-state index in [1.807, 2.05) is 6.92 Å². The molecule has 9 heteroatoms. The van der Waals surface area contributed by atoms with E-state index in [1.165, 1.54) is 4.31 Å². The Balaban J connectivity index is 2.06. The largest absolute Gasteiger partial charge is 0.360 e. The SMILES string of the molecule is Cc1noc(C)c1S(=O)(=O)N1CCCN(C(=O)CCC(C)N)CC1. The summed E-state index contributed by atoms with van der Waals surface area (Å²) in [5, 5.41) is 3.73. The molecule has 2 rings (SSSR count). The van der Waals surface area contributed by atoms with Crippen LogP contribution in [0.5, 0.6) is 0 Å². The summed E-state index contributed by atoms with van der Waals surface area (Å²) >= 11 is 0. The lowest BCUT2D eigenvalue weighted by Crippen LogP contribution is -2.37. The Morgan fingerprint density at radius 1 is 1.29 bits per heavy atom. The number of hydrogen-bond acceptors (Lipinski definition) is 6. The third-order valence-electron chi connectivity index (χ3n) is 4.19. The maximum atomic E-state index is 12.8. The van der Waals surface area contributed by atoms with Gasteiger partial charge in [0.05, 0.1) is 0 Å². The molecule has 1 saturated heterocycles. The molecule has 136 valence electrons. The van der Waals surface area contributed by atoms with E-state index < -0.39 is 10.0 Å². The Hall–Kier alpha value is -1.45. The van der Waals surface area contributed by atoms with Gasteiger partial charge in [-0.1, -0.05) is 5.16 Å². The molecule has 2 heterocycles. The van der Waals surface area contributed by atoms with Crippen LogP contribution in [0.15, 0.2) is 9.42 Å². The molecule has 0 saturated carbocycles. The average Bonchev–Trinajstić information content (AvgIpc) is 2.73. The van der Waals surface area contributed by atoms with Crippen molar-refractivity contribution in [1.29, 1.82) is 0 Å². The van der Waals surface area contributed by atoms with E-state index in [4.69, 9.17) is 10.3 Å². The summed E-state index contributed by atoms with van der Waals surface area (Å²) in [6.07, 6.45) is 1.64. The van der Waals surface area contributed by atoms with Crippen molar-refractivity contribution in [2.24, 2.45) is 5.73 Å². The van der Waals surface area contributed by atoms with Crippen molar-refractivity contribution in [2.75, 3.05) is 26.2 Å². The molecule has 0 radical (unpaired) electrons. The normalized spacial score (nSPS) is 18.4. The van der Waals surface area contributed by atoms with Crippen LogP contribution in [0.25, 0.3) is 0 Å². The van der Waals surface area contributed by atoms with Crippen LogP contribution in [0.1, 0.15) is 37.6 Å². The van der Waals surface area contributed by atoms with Gasteiger partial charge >= 0.3 is 0 Å². The third-order valence-corrected chi connectivity index (χ3v) is 6.33. The number of amides is 1. The molecule has 1 aromatic heterocycles. The second-order valence-electron chi connectivity index (χ2n) is 6.31. The highest BCUT2D eigenvalue weighted by atomic mass is 32.2. The summed E-state index contributed by atoms with van der Waals surface area (Å²) in [6.45, 7) is 6.68. The van der Waals surface area contributed by atoms with Gasteiger partial charge in [0.25, 0.3) is 0 Å². The van der Waals surface area contributed by atoms with Crippen molar-refractivity contribution < 1.29 is 17.7 Å². The first kappa shape index (κ1) is 18.9. The fourth-order valence-corrected chi connectivity index (χ4v) is 4.63. The number of nitrogens with two attached hydrogens (primary N) is 1. The lowest BCUT2D eigenvalue weighted by molar-refractivity contribution is -0.131. The van der Waals surface area contributed by atoms with Gasteiger partial charge in [0.2, 0.25) is 15.9 Å². The first-order chi connectivity index (χ1) is 11.2. The molecule has 0 bridgehead atoms. The minimum absolute atomic E-state index is 0.0163. The quantitative estimate of drug-likeness (QED) is 0.827. The summed E-state index contributed by atoms with van der Waals surface area (Å²) in [6, 6.07) is -0.0163. The van der Waals surface area contributed by atoms with E-state index in [-0.39, 0.29) is 23.4 Å². The fraction of sp³-hybridized carbons (Fsp3) is 0.733. The van der Waals surface area contributed by atoms with E-state index in [1.54, 1.807) is 18.7 Å². The number of hydrogen-bond donors (Lipinski definition) is 1. The zero-order valence-corrected chi connectivity index (χ0v) is 15.3. The van der Waals surface area contributed by atoms with Crippen molar-refractivity contribution >= 4 is 15.9 Å². The zero-order valence-electron chi connectivity index (χ0n) is 14.5. The van der Waals surface area contributed by atoms with E-state index in [0.29, 0.717) is 50.4 Å². The predicted octanol–water partition coefficient (Wildman–Crippen LogP) is 0.642. The van der Waals surface area contributed by atoms with Crippen LogP contribution in [0, 0.1) is 13.8 Å².